The summed E-state index contributed by atoms with van der Waals surface area (Å²) in [7, 11) is 1.85. The van der Waals surface area contributed by atoms with E-state index in [4.69, 9.17) is 0 Å². The second-order valence-corrected chi connectivity index (χ2v) is 4.27. The molecule has 17 heavy (non-hydrogen) atoms. The average molecular weight is 237 g/mol. The number of ketones is 1. The fraction of sp³-hybridized carbons (Fsp3) is 0.500. The molecule has 0 spiro atoms. The minimum absolute atomic E-state index is 0.0997. The molecular formula is C14H20FNO. The third-order valence-electron chi connectivity index (χ3n) is 3.21. The molecule has 0 saturated heterocycles. The van der Waals surface area contributed by atoms with Gasteiger partial charge in [-0.1, -0.05) is 19.9 Å². The second kappa shape index (κ2) is 5.80. The van der Waals surface area contributed by atoms with Crippen LogP contribution in [0, 0.1) is 5.82 Å². The summed E-state index contributed by atoms with van der Waals surface area (Å²) in [5, 5.41) is 0. The van der Waals surface area contributed by atoms with Gasteiger partial charge in [-0.3, -0.25) is 4.79 Å². The number of anilines is 1. The molecule has 0 aliphatic carbocycles. The number of Topliss-reactive ketones (excluding diaryl/α,β-unsaturated/α-hetero) is 1. The number of para-hydroxylation sites is 1. The van der Waals surface area contributed by atoms with E-state index in [0.717, 1.165) is 12.8 Å². The predicted octanol–water partition coefficient (Wildman–Crippen LogP) is 3.65. The molecule has 3 heteroatoms. The van der Waals surface area contributed by atoms with E-state index in [1.165, 1.54) is 13.0 Å². The van der Waals surface area contributed by atoms with Crippen LogP contribution in [0.15, 0.2) is 18.2 Å². The van der Waals surface area contributed by atoms with E-state index in [9.17, 15) is 9.18 Å². The Kier molecular flexibility index (Phi) is 4.67. The summed E-state index contributed by atoms with van der Waals surface area (Å²) < 4.78 is 13.9. The largest absolute Gasteiger partial charge is 0.369 e. The highest BCUT2D eigenvalue weighted by Crippen LogP contribution is 2.27. The van der Waals surface area contributed by atoms with E-state index in [-0.39, 0.29) is 17.6 Å². The second-order valence-electron chi connectivity index (χ2n) is 4.27. The van der Waals surface area contributed by atoms with E-state index < -0.39 is 0 Å². The number of carbonyl (C=O) groups is 1. The first-order valence-electron chi connectivity index (χ1n) is 6.05. The fourth-order valence-corrected chi connectivity index (χ4v) is 2.18. The van der Waals surface area contributed by atoms with Crippen molar-refractivity contribution in [2.75, 3.05) is 11.9 Å². The van der Waals surface area contributed by atoms with Gasteiger partial charge in [-0.05, 0) is 31.9 Å². The molecule has 0 amide bonds. The van der Waals surface area contributed by atoms with Crippen LogP contribution in [0.4, 0.5) is 10.1 Å². The van der Waals surface area contributed by atoms with Crippen molar-refractivity contribution >= 4 is 11.5 Å². The first-order valence-corrected chi connectivity index (χ1v) is 6.05. The lowest BCUT2D eigenvalue weighted by Crippen LogP contribution is -2.32. The van der Waals surface area contributed by atoms with E-state index in [2.05, 4.69) is 13.8 Å². The lowest BCUT2D eigenvalue weighted by Gasteiger charge is -2.30. The van der Waals surface area contributed by atoms with Crippen molar-refractivity contribution in [3.8, 4) is 0 Å². The van der Waals surface area contributed by atoms with Crippen molar-refractivity contribution in [3.05, 3.63) is 29.6 Å². The van der Waals surface area contributed by atoms with Crippen molar-refractivity contribution < 1.29 is 9.18 Å². The minimum atomic E-state index is -0.327. The van der Waals surface area contributed by atoms with E-state index in [0.29, 0.717) is 11.3 Å². The molecule has 1 aromatic carbocycles. The first-order chi connectivity index (χ1) is 8.02. The quantitative estimate of drug-likeness (QED) is 0.728. The van der Waals surface area contributed by atoms with Gasteiger partial charge < -0.3 is 4.90 Å². The van der Waals surface area contributed by atoms with Gasteiger partial charge in [-0.25, -0.2) is 4.39 Å². The Morgan fingerprint density at radius 3 is 2.41 bits per heavy atom. The summed E-state index contributed by atoms with van der Waals surface area (Å²) >= 11 is 0. The molecule has 0 bridgehead atoms. The summed E-state index contributed by atoms with van der Waals surface area (Å²) in [4.78, 5) is 13.4. The van der Waals surface area contributed by atoms with Gasteiger partial charge in [0.2, 0.25) is 0 Å². The van der Waals surface area contributed by atoms with Gasteiger partial charge in [0.15, 0.2) is 5.78 Å². The molecular weight excluding hydrogens is 217 g/mol. The van der Waals surface area contributed by atoms with E-state index in [1.54, 1.807) is 12.1 Å². The minimum Gasteiger partial charge on any atom is -0.369 e. The molecule has 1 rings (SSSR count). The Hall–Kier alpha value is -1.38. The molecule has 0 aliphatic heterocycles. The normalized spacial score (nSPS) is 10.7. The van der Waals surface area contributed by atoms with Crippen molar-refractivity contribution in [2.24, 2.45) is 0 Å². The highest BCUT2D eigenvalue weighted by molar-refractivity contribution is 5.99. The highest BCUT2D eigenvalue weighted by atomic mass is 19.1. The molecule has 0 saturated carbocycles. The summed E-state index contributed by atoms with van der Waals surface area (Å²) in [6, 6.07) is 4.92. The molecule has 0 fully saturated rings. The maximum Gasteiger partial charge on any atom is 0.161 e. The van der Waals surface area contributed by atoms with E-state index >= 15 is 0 Å². The Bertz CT molecular complexity index is 399. The predicted molar refractivity (Wildman–Crippen MR) is 69.2 cm³/mol. The van der Waals surface area contributed by atoms with Crippen LogP contribution in [-0.4, -0.2) is 18.9 Å². The summed E-state index contributed by atoms with van der Waals surface area (Å²) in [5.41, 5.74) is 0.883. The zero-order chi connectivity index (χ0) is 13.0. The average Bonchev–Trinajstić information content (AvgIpc) is 2.29. The van der Waals surface area contributed by atoms with Gasteiger partial charge in [0.25, 0.3) is 0 Å². The molecule has 0 aromatic heterocycles. The van der Waals surface area contributed by atoms with Crippen LogP contribution in [0.1, 0.15) is 44.0 Å². The third-order valence-corrected chi connectivity index (χ3v) is 3.21. The van der Waals surface area contributed by atoms with Gasteiger partial charge in [-0.15, -0.1) is 0 Å². The topological polar surface area (TPSA) is 20.3 Å². The molecule has 94 valence electrons. The van der Waals surface area contributed by atoms with Gasteiger partial charge >= 0.3 is 0 Å². The number of hydrogen-bond donors (Lipinski definition) is 0. The maximum atomic E-state index is 13.9. The van der Waals surface area contributed by atoms with Crippen LogP contribution in [0.2, 0.25) is 0 Å². The van der Waals surface area contributed by atoms with E-state index in [1.807, 2.05) is 11.9 Å². The van der Waals surface area contributed by atoms with Crippen LogP contribution < -0.4 is 4.90 Å². The lowest BCUT2D eigenvalue weighted by atomic mass is 10.0. The smallest absolute Gasteiger partial charge is 0.161 e. The highest BCUT2D eigenvalue weighted by Gasteiger charge is 2.20. The number of carbonyl (C=O) groups excluding carboxylic acids is 1. The number of hydrogen-bond acceptors (Lipinski definition) is 2. The SMILES string of the molecule is CCC(CC)N(C)c1c(F)cccc1C(C)=O. The van der Waals surface area contributed by atoms with Crippen molar-refractivity contribution in [2.45, 2.75) is 39.7 Å². The molecule has 0 aliphatic rings. The molecule has 0 heterocycles. The van der Waals surface area contributed by atoms with Crippen molar-refractivity contribution in [3.63, 3.8) is 0 Å². The number of benzene rings is 1. The maximum absolute atomic E-state index is 13.9. The Balaban J connectivity index is 3.23. The van der Waals surface area contributed by atoms with Crippen LogP contribution in [0.5, 0.6) is 0 Å². The van der Waals surface area contributed by atoms with Crippen LogP contribution in [-0.2, 0) is 0 Å². The molecule has 0 atom stereocenters. The molecule has 0 radical (unpaired) electrons. The number of nitrogens with zero attached hydrogens (tertiary/aromatic N) is 1. The zero-order valence-electron chi connectivity index (χ0n) is 11.0. The van der Waals surface area contributed by atoms with Crippen molar-refractivity contribution in [1.82, 2.24) is 0 Å². The van der Waals surface area contributed by atoms with Gasteiger partial charge in [0.05, 0.1) is 5.69 Å². The Morgan fingerprint density at radius 2 is 1.94 bits per heavy atom. The van der Waals surface area contributed by atoms with Crippen LogP contribution in [0.25, 0.3) is 0 Å². The lowest BCUT2D eigenvalue weighted by molar-refractivity contribution is 0.101. The Labute approximate surface area is 102 Å². The summed E-state index contributed by atoms with van der Waals surface area (Å²) in [6.07, 6.45) is 1.86. The van der Waals surface area contributed by atoms with Gasteiger partial charge in [-0.2, -0.15) is 0 Å². The monoisotopic (exact) mass is 237 g/mol. The Morgan fingerprint density at radius 1 is 1.35 bits per heavy atom. The molecule has 2 nitrogen and oxygen atoms in total. The van der Waals surface area contributed by atoms with Gasteiger partial charge in [0.1, 0.15) is 5.82 Å². The fourth-order valence-electron chi connectivity index (χ4n) is 2.18. The number of rotatable bonds is 5. The summed E-state index contributed by atoms with van der Waals surface area (Å²) in [6.45, 7) is 5.61. The van der Waals surface area contributed by atoms with Crippen LogP contribution in [0.3, 0.4) is 0 Å². The van der Waals surface area contributed by atoms with Crippen molar-refractivity contribution in [1.29, 1.82) is 0 Å². The molecule has 1 aromatic rings. The number of halogens is 1. The first kappa shape index (κ1) is 13.7. The standard InChI is InChI=1S/C14H20FNO/c1-5-11(6-2)16(4)14-12(10(3)17)8-7-9-13(14)15/h7-9,11H,5-6H2,1-4H3. The summed E-state index contributed by atoms with van der Waals surface area (Å²) in [5.74, 6) is -0.426. The van der Waals surface area contributed by atoms with Crippen LogP contribution >= 0.6 is 0 Å². The third kappa shape index (κ3) is 2.84. The zero-order valence-corrected chi connectivity index (χ0v) is 11.0. The van der Waals surface area contributed by atoms with Gasteiger partial charge in [0, 0.05) is 18.7 Å². The molecule has 0 N–H and O–H groups in total. The molecule has 0 unspecified atom stereocenters.